The number of ketones is 2. The molecule has 170 valence electrons. The third-order valence-electron chi connectivity index (χ3n) is 5.73. The van der Waals surface area contributed by atoms with Gasteiger partial charge >= 0.3 is 12.1 Å². The Kier molecular flexibility index (Phi) is 8.71. The largest absolute Gasteiger partial charge is 0.458 e. The van der Waals surface area contributed by atoms with Crippen LogP contribution in [0.5, 0.6) is 0 Å². The van der Waals surface area contributed by atoms with Crippen molar-refractivity contribution in [1.29, 1.82) is 0 Å². The van der Waals surface area contributed by atoms with E-state index in [1.54, 1.807) is 27.7 Å². The van der Waals surface area contributed by atoms with Gasteiger partial charge in [0.05, 0.1) is 0 Å². The van der Waals surface area contributed by atoms with Crippen LogP contribution in [0.1, 0.15) is 60.3 Å². The number of hydrogen-bond acceptors (Lipinski definition) is 7. The number of imidazole rings is 1. The number of nitrogens with zero attached hydrogens (tertiary/aromatic N) is 2. The number of esters is 1. The molecule has 2 rings (SSSR count). The van der Waals surface area contributed by atoms with Crippen molar-refractivity contribution in [2.45, 2.75) is 72.5 Å². The van der Waals surface area contributed by atoms with Crippen molar-refractivity contribution in [2.75, 3.05) is 0 Å². The van der Waals surface area contributed by atoms with Crippen LogP contribution in [0, 0.1) is 17.8 Å². The summed E-state index contributed by atoms with van der Waals surface area (Å²) in [5, 5.41) is 0. The van der Waals surface area contributed by atoms with Gasteiger partial charge in [0.25, 0.3) is 0 Å². The molecule has 0 N–H and O–H groups in total. The minimum atomic E-state index is -0.979. The van der Waals surface area contributed by atoms with Crippen molar-refractivity contribution < 1.29 is 28.7 Å². The molecular weight excluding hydrogens is 400 g/mol. The Morgan fingerprint density at radius 3 is 2.58 bits per heavy atom. The van der Waals surface area contributed by atoms with Crippen LogP contribution in [-0.2, 0) is 23.9 Å². The van der Waals surface area contributed by atoms with Crippen LogP contribution in [0.3, 0.4) is 0 Å². The normalized spacial score (nSPS) is 30.7. The van der Waals surface area contributed by atoms with Crippen LogP contribution in [0.15, 0.2) is 30.4 Å². The van der Waals surface area contributed by atoms with Gasteiger partial charge < -0.3 is 9.47 Å². The number of rotatable bonds is 2. The molecule has 1 aliphatic rings. The van der Waals surface area contributed by atoms with Crippen molar-refractivity contribution >= 4 is 23.6 Å². The number of carbonyl (C=O) groups excluding carboxylic acids is 4. The second-order valence-corrected chi connectivity index (χ2v) is 8.38. The Balaban J connectivity index is 2.37. The van der Waals surface area contributed by atoms with Gasteiger partial charge in [-0.25, -0.2) is 14.3 Å². The molecule has 8 heteroatoms. The molecule has 1 aromatic rings. The van der Waals surface area contributed by atoms with Gasteiger partial charge in [-0.1, -0.05) is 20.8 Å². The summed E-state index contributed by atoms with van der Waals surface area (Å²) < 4.78 is 12.3. The van der Waals surface area contributed by atoms with Gasteiger partial charge in [-0.3, -0.25) is 14.4 Å². The number of allylic oxidation sites excluding steroid dienone is 1. The first-order valence-electron chi connectivity index (χ1n) is 10.8. The fourth-order valence-electron chi connectivity index (χ4n) is 3.69. The molecule has 1 aromatic heterocycles. The number of carbonyl (C=O) groups is 4. The maximum atomic E-state index is 12.7. The van der Waals surface area contributed by atoms with E-state index >= 15 is 0 Å². The van der Waals surface area contributed by atoms with Gasteiger partial charge in [-0.15, -0.1) is 0 Å². The number of aromatic nitrogens is 2. The van der Waals surface area contributed by atoms with Gasteiger partial charge in [0.1, 0.15) is 24.1 Å². The molecule has 8 nitrogen and oxygen atoms in total. The Bertz CT molecular complexity index is 829. The highest BCUT2D eigenvalue weighted by molar-refractivity contribution is 5.99. The number of ether oxygens (including phenoxy) is 2. The lowest BCUT2D eigenvalue weighted by atomic mass is 9.85. The molecule has 1 aliphatic heterocycles. The molecule has 2 heterocycles. The Hall–Kier alpha value is -2.77. The van der Waals surface area contributed by atoms with Gasteiger partial charge in [-0.2, -0.15) is 0 Å². The Morgan fingerprint density at radius 2 is 1.97 bits per heavy atom. The lowest BCUT2D eigenvalue weighted by Crippen LogP contribution is -2.38. The first-order chi connectivity index (χ1) is 14.6. The Labute approximate surface area is 183 Å². The fraction of sp³-hybridized carbons (Fsp3) is 0.609. The summed E-state index contributed by atoms with van der Waals surface area (Å²) in [4.78, 5) is 54.4. The number of Topliss-reactive ketones (excluding diaryl/α,β-unsaturated/α-hetero) is 2. The van der Waals surface area contributed by atoms with Crippen LogP contribution in [0.4, 0.5) is 4.79 Å². The smallest absolute Gasteiger partial charge is 0.419 e. The van der Waals surface area contributed by atoms with E-state index in [0.29, 0.717) is 31.3 Å². The maximum Gasteiger partial charge on any atom is 0.419 e. The maximum absolute atomic E-state index is 12.7. The van der Waals surface area contributed by atoms with Crippen molar-refractivity contribution in [3.05, 3.63) is 30.4 Å². The molecule has 5 atom stereocenters. The van der Waals surface area contributed by atoms with Crippen molar-refractivity contribution in [1.82, 2.24) is 9.55 Å². The highest BCUT2D eigenvalue weighted by atomic mass is 16.6. The van der Waals surface area contributed by atoms with Gasteiger partial charge in [0, 0.05) is 24.7 Å². The first-order valence-corrected chi connectivity index (χ1v) is 10.8. The molecule has 0 fully saturated rings. The minimum Gasteiger partial charge on any atom is -0.458 e. The topological polar surface area (TPSA) is 105 Å². The lowest BCUT2D eigenvalue weighted by molar-refractivity contribution is -0.161. The summed E-state index contributed by atoms with van der Waals surface area (Å²) in [5.74, 6) is -2.00. The molecule has 0 saturated heterocycles. The van der Waals surface area contributed by atoms with E-state index in [4.69, 9.17) is 9.47 Å². The van der Waals surface area contributed by atoms with Gasteiger partial charge in [-0.05, 0) is 50.7 Å². The molecule has 1 unspecified atom stereocenters. The molecule has 31 heavy (non-hydrogen) atoms. The third kappa shape index (κ3) is 6.60. The van der Waals surface area contributed by atoms with Crippen LogP contribution in [0.25, 0.3) is 0 Å². The van der Waals surface area contributed by atoms with Gasteiger partial charge in [0.15, 0.2) is 11.9 Å². The summed E-state index contributed by atoms with van der Waals surface area (Å²) in [6, 6.07) is 0. The summed E-state index contributed by atoms with van der Waals surface area (Å²) in [6.45, 7) is 8.78. The summed E-state index contributed by atoms with van der Waals surface area (Å²) in [5.41, 5.74) is 0.444. The Morgan fingerprint density at radius 1 is 1.26 bits per heavy atom. The zero-order valence-corrected chi connectivity index (χ0v) is 18.9. The summed E-state index contributed by atoms with van der Waals surface area (Å²) in [6.07, 6.45) is 5.08. The quantitative estimate of drug-likeness (QED) is 0.518. The van der Waals surface area contributed by atoms with Crippen LogP contribution in [0.2, 0.25) is 0 Å². The molecule has 0 radical (unpaired) electrons. The SMILES string of the molecule is CC[C@H]1OC(=O)[C@H](C)C(=O)[C@H](C)C[C@@H](C)CCC(=O)/C(C)=C/C1OC(=O)n1ccnc1. The summed E-state index contributed by atoms with van der Waals surface area (Å²) in [7, 11) is 0. The summed E-state index contributed by atoms with van der Waals surface area (Å²) >= 11 is 0. The molecule has 0 saturated carbocycles. The van der Waals surface area contributed by atoms with Crippen LogP contribution in [-0.4, -0.2) is 45.4 Å². The van der Waals surface area contributed by atoms with E-state index in [9.17, 15) is 19.2 Å². The first kappa shape index (κ1) is 24.5. The molecule has 0 aromatic carbocycles. The van der Waals surface area contributed by atoms with Crippen molar-refractivity contribution in [2.24, 2.45) is 17.8 Å². The van der Waals surface area contributed by atoms with E-state index in [-0.39, 0.29) is 23.4 Å². The minimum absolute atomic E-state index is 0.0684. The van der Waals surface area contributed by atoms with E-state index in [2.05, 4.69) is 4.98 Å². The highest BCUT2D eigenvalue weighted by Gasteiger charge is 2.33. The van der Waals surface area contributed by atoms with E-state index in [0.717, 1.165) is 4.57 Å². The van der Waals surface area contributed by atoms with Crippen LogP contribution < -0.4 is 0 Å². The zero-order valence-electron chi connectivity index (χ0n) is 18.9. The molecule has 0 aliphatic carbocycles. The van der Waals surface area contributed by atoms with Crippen LogP contribution >= 0.6 is 0 Å². The average Bonchev–Trinajstić information content (AvgIpc) is 3.28. The molecule has 0 spiro atoms. The fourth-order valence-corrected chi connectivity index (χ4v) is 3.69. The third-order valence-corrected chi connectivity index (χ3v) is 5.73. The standard InChI is InChI=1S/C23H32N2O6/c1-6-19-20(31-23(29)25-10-9-24-13-25)12-15(3)18(26)8-7-14(2)11-16(4)21(27)17(5)22(28)30-19/h9-10,12-14,16-17,19-20H,6-8,11H2,1-5H3/b15-12+/t14-,16+,17+,19+,20?/m0/s1. The lowest BCUT2D eigenvalue weighted by Gasteiger charge is -2.27. The van der Waals surface area contributed by atoms with E-state index in [1.165, 1.54) is 24.8 Å². The second-order valence-electron chi connectivity index (χ2n) is 8.38. The number of cyclic esters (lactones) is 1. The van der Waals surface area contributed by atoms with Gasteiger partial charge in [0.2, 0.25) is 0 Å². The molecule has 0 amide bonds. The zero-order chi connectivity index (χ0) is 23.1. The second kappa shape index (κ2) is 11.0. The predicted octanol–water partition coefficient (Wildman–Crippen LogP) is 3.73. The molecular formula is C23H32N2O6. The van der Waals surface area contributed by atoms with Crippen molar-refractivity contribution in [3.8, 4) is 0 Å². The average molecular weight is 433 g/mol. The highest BCUT2D eigenvalue weighted by Crippen LogP contribution is 2.24. The van der Waals surface area contributed by atoms with E-state index in [1.807, 2.05) is 6.92 Å². The number of hydrogen-bond donors (Lipinski definition) is 0. The predicted molar refractivity (Wildman–Crippen MR) is 113 cm³/mol. The monoisotopic (exact) mass is 432 g/mol. The molecule has 0 bridgehead atoms. The van der Waals surface area contributed by atoms with E-state index < -0.39 is 30.2 Å². The van der Waals surface area contributed by atoms with Crippen molar-refractivity contribution in [3.63, 3.8) is 0 Å².